The molecule has 0 saturated heterocycles. The predicted molar refractivity (Wildman–Crippen MR) is 137 cm³/mol. The van der Waals surface area contributed by atoms with Crippen molar-refractivity contribution in [3.8, 4) is 11.5 Å². The van der Waals surface area contributed by atoms with Gasteiger partial charge >= 0.3 is 0 Å². The van der Waals surface area contributed by atoms with Crippen molar-refractivity contribution in [1.82, 2.24) is 5.43 Å². The number of carbonyl (C=O) groups excluding carboxylic acids is 1. The van der Waals surface area contributed by atoms with Crippen molar-refractivity contribution in [1.29, 1.82) is 0 Å². The highest BCUT2D eigenvalue weighted by atomic mass is 16.5. The van der Waals surface area contributed by atoms with Gasteiger partial charge in [-0.05, 0) is 59.2 Å². The molecule has 0 saturated carbocycles. The highest BCUT2D eigenvalue weighted by Crippen LogP contribution is 2.30. The van der Waals surface area contributed by atoms with E-state index < -0.39 is 0 Å². The van der Waals surface area contributed by atoms with Gasteiger partial charge in [0, 0.05) is 5.69 Å². The molecule has 2 N–H and O–H groups in total. The Hall–Kier alpha value is -4.32. The number of hydrogen-bond acceptors (Lipinski definition) is 5. The van der Waals surface area contributed by atoms with Crippen LogP contribution in [-0.2, 0) is 11.4 Å². The number of amides is 1. The van der Waals surface area contributed by atoms with Gasteiger partial charge in [-0.25, -0.2) is 5.43 Å². The molecule has 0 aromatic heterocycles. The van der Waals surface area contributed by atoms with Crippen molar-refractivity contribution in [2.45, 2.75) is 13.5 Å². The molecule has 0 atom stereocenters. The molecule has 4 aromatic carbocycles. The van der Waals surface area contributed by atoms with Crippen molar-refractivity contribution in [2.24, 2.45) is 5.10 Å². The summed E-state index contributed by atoms with van der Waals surface area (Å²) in [5.74, 6) is 1.05. The molecule has 1 amide bonds. The molecule has 0 aliphatic rings. The van der Waals surface area contributed by atoms with Crippen LogP contribution < -0.4 is 20.2 Å². The van der Waals surface area contributed by atoms with Crippen LogP contribution in [0.4, 0.5) is 5.69 Å². The van der Waals surface area contributed by atoms with Crippen molar-refractivity contribution in [3.63, 3.8) is 0 Å². The first kappa shape index (κ1) is 22.9. The van der Waals surface area contributed by atoms with E-state index in [1.165, 1.54) is 10.8 Å². The van der Waals surface area contributed by atoms with Gasteiger partial charge in [0.05, 0.1) is 19.4 Å². The van der Waals surface area contributed by atoms with Crippen LogP contribution in [0.25, 0.3) is 10.8 Å². The largest absolute Gasteiger partial charge is 0.490 e. The molecule has 172 valence electrons. The lowest BCUT2D eigenvalue weighted by atomic mass is 10.1. The number of anilines is 1. The Morgan fingerprint density at radius 2 is 1.68 bits per heavy atom. The smallest absolute Gasteiger partial charge is 0.259 e. The van der Waals surface area contributed by atoms with E-state index >= 15 is 0 Å². The molecule has 0 unspecified atom stereocenters. The summed E-state index contributed by atoms with van der Waals surface area (Å²) in [7, 11) is 0. The van der Waals surface area contributed by atoms with E-state index in [1.807, 2.05) is 73.7 Å². The van der Waals surface area contributed by atoms with E-state index in [2.05, 4.69) is 40.1 Å². The lowest BCUT2D eigenvalue weighted by Gasteiger charge is -2.13. The molecule has 0 heterocycles. The maximum atomic E-state index is 12.0. The minimum absolute atomic E-state index is 0.131. The van der Waals surface area contributed by atoms with Crippen LogP contribution in [0.2, 0.25) is 0 Å². The number of para-hydroxylation sites is 1. The molecule has 0 bridgehead atoms. The van der Waals surface area contributed by atoms with E-state index in [4.69, 9.17) is 9.47 Å². The molecule has 4 rings (SSSR count). The Balaban J connectivity index is 1.37. The zero-order chi connectivity index (χ0) is 23.6. The van der Waals surface area contributed by atoms with Crippen molar-refractivity contribution < 1.29 is 14.3 Å². The summed E-state index contributed by atoms with van der Waals surface area (Å²) in [6.45, 7) is 2.99. The number of benzene rings is 4. The van der Waals surface area contributed by atoms with Gasteiger partial charge in [-0.1, -0.05) is 60.7 Å². The van der Waals surface area contributed by atoms with Gasteiger partial charge in [0.15, 0.2) is 11.5 Å². The lowest BCUT2D eigenvalue weighted by molar-refractivity contribution is -0.119. The molecule has 34 heavy (non-hydrogen) atoms. The fourth-order valence-corrected chi connectivity index (χ4v) is 3.52. The molecular formula is C28H27N3O3. The maximum Gasteiger partial charge on any atom is 0.259 e. The zero-order valence-electron chi connectivity index (χ0n) is 19.0. The minimum atomic E-state index is -0.236. The van der Waals surface area contributed by atoms with Crippen LogP contribution in [0.5, 0.6) is 11.5 Å². The molecule has 4 aromatic rings. The fourth-order valence-electron chi connectivity index (χ4n) is 3.52. The van der Waals surface area contributed by atoms with Crippen LogP contribution in [0.3, 0.4) is 0 Å². The summed E-state index contributed by atoms with van der Waals surface area (Å²) >= 11 is 0. The molecule has 0 fully saturated rings. The first-order chi connectivity index (χ1) is 16.7. The summed E-state index contributed by atoms with van der Waals surface area (Å²) in [5.41, 5.74) is 5.30. The average molecular weight is 454 g/mol. The highest BCUT2D eigenvalue weighted by Gasteiger charge is 2.08. The van der Waals surface area contributed by atoms with Crippen molar-refractivity contribution in [3.05, 3.63) is 102 Å². The summed E-state index contributed by atoms with van der Waals surface area (Å²) in [5, 5.41) is 9.45. The molecular weight excluding hydrogens is 426 g/mol. The number of ether oxygens (including phenoxy) is 2. The van der Waals surface area contributed by atoms with Crippen molar-refractivity contribution in [2.75, 3.05) is 18.5 Å². The average Bonchev–Trinajstić information content (AvgIpc) is 2.88. The van der Waals surface area contributed by atoms with E-state index in [-0.39, 0.29) is 12.5 Å². The van der Waals surface area contributed by atoms with E-state index in [0.717, 1.165) is 16.8 Å². The molecule has 0 aliphatic carbocycles. The molecule has 6 heteroatoms. The number of nitrogens with one attached hydrogen (secondary N) is 2. The zero-order valence-corrected chi connectivity index (χ0v) is 19.0. The number of fused-ring (bicyclic) bond motifs is 1. The molecule has 6 nitrogen and oxygen atoms in total. The quantitative estimate of drug-likeness (QED) is 0.250. The Kier molecular flexibility index (Phi) is 7.74. The van der Waals surface area contributed by atoms with Gasteiger partial charge in [-0.2, -0.15) is 5.10 Å². The van der Waals surface area contributed by atoms with Gasteiger partial charge in [0.2, 0.25) is 0 Å². The second-order valence-electron chi connectivity index (χ2n) is 7.58. The standard InChI is InChI=1S/C28H27N3O3/c1-2-33-27-17-21(18-30-31-28(32)19-29-24-12-4-3-5-13-24)15-16-26(27)34-20-23-11-8-10-22-9-6-7-14-25(22)23/h3-18,29H,2,19-20H2,1H3,(H,31,32)/b30-18-. The predicted octanol–water partition coefficient (Wildman–Crippen LogP) is 5.38. The van der Waals surface area contributed by atoms with Crippen molar-refractivity contribution >= 4 is 28.6 Å². The summed E-state index contributed by atoms with van der Waals surface area (Å²) in [4.78, 5) is 12.0. The normalized spacial score (nSPS) is 10.9. The number of nitrogens with zero attached hydrogens (tertiary/aromatic N) is 1. The monoisotopic (exact) mass is 453 g/mol. The van der Waals surface area contributed by atoms with Gasteiger partial charge < -0.3 is 14.8 Å². The van der Waals surface area contributed by atoms with Crippen LogP contribution in [0, 0.1) is 0 Å². The minimum Gasteiger partial charge on any atom is -0.490 e. The van der Waals surface area contributed by atoms with Crippen LogP contribution in [-0.4, -0.2) is 25.3 Å². The first-order valence-corrected chi connectivity index (χ1v) is 11.2. The summed E-state index contributed by atoms with van der Waals surface area (Å²) in [6.07, 6.45) is 1.58. The van der Waals surface area contributed by atoms with Crippen LogP contribution >= 0.6 is 0 Å². The number of hydrogen-bond donors (Lipinski definition) is 2. The Morgan fingerprint density at radius 3 is 2.53 bits per heavy atom. The molecule has 0 aliphatic heterocycles. The Labute approximate surface area is 199 Å². The second-order valence-corrected chi connectivity index (χ2v) is 7.58. The van der Waals surface area contributed by atoms with Gasteiger partial charge in [-0.15, -0.1) is 0 Å². The molecule has 0 radical (unpaired) electrons. The second kappa shape index (κ2) is 11.5. The third-order valence-corrected chi connectivity index (χ3v) is 5.16. The number of rotatable bonds is 10. The number of hydrazone groups is 1. The van der Waals surface area contributed by atoms with E-state index in [0.29, 0.717) is 24.7 Å². The van der Waals surface area contributed by atoms with Gasteiger partial charge in [0.25, 0.3) is 5.91 Å². The third kappa shape index (κ3) is 6.13. The summed E-state index contributed by atoms with van der Waals surface area (Å²) < 4.78 is 11.9. The van der Waals surface area contributed by atoms with Crippen LogP contribution in [0.15, 0.2) is 96.1 Å². The summed E-state index contributed by atoms with van der Waals surface area (Å²) in [6, 6.07) is 29.6. The first-order valence-electron chi connectivity index (χ1n) is 11.2. The Morgan fingerprint density at radius 1 is 0.882 bits per heavy atom. The SMILES string of the molecule is CCOc1cc(/C=N\NC(=O)CNc2ccccc2)ccc1OCc1cccc2ccccc12. The van der Waals surface area contributed by atoms with E-state index in [9.17, 15) is 4.79 Å². The van der Waals surface area contributed by atoms with Gasteiger partial charge in [0.1, 0.15) is 6.61 Å². The fraction of sp³-hybridized carbons (Fsp3) is 0.143. The maximum absolute atomic E-state index is 12.0. The van der Waals surface area contributed by atoms with E-state index in [1.54, 1.807) is 6.21 Å². The molecule has 0 spiro atoms. The highest BCUT2D eigenvalue weighted by molar-refractivity contribution is 5.86. The topological polar surface area (TPSA) is 72.0 Å². The Bertz CT molecular complexity index is 1270. The van der Waals surface area contributed by atoms with Gasteiger partial charge in [-0.3, -0.25) is 4.79 Å². The van der Waals surface area contributed by atoms with Crippen LogP contribution in [0.1, 0.15) is 18.1 Å². The third-order valence-electron chi connectivity index (χ3n) is 5.16. The lowest BCUT2D eigenvalue weighted by Crippen LogP contribution is -2.25. The number of carbonyl (C=O) groups is 1.